The number of nitrogens with two attached hydrogens (primary N) is 2. The minimum absolute atomic E-state index is 0.0797. The predicted molar refractivity (Wildman–Crippen MR) is 78.9 cm³/mol. The van der Waals surface area contributed by atoms with Gasteiger partial charge in [0.25, 0.3) is 0 Å². The number of hydrogen-bond acceptors (Lipinski definition) is 7. The molecular formula is C13H15N5O3. The monoisotopic (exact) mass is 289 g/mol. The Morgan fingerprint density at radius 3 is 2.62 bits per heavy atom. The summed E-state index contributed by atoms with van der Waals surface area (Å²) in [6.45, 7) is 1.89. The summed E-state index contributed by atoms with van der Waals surface area (Å²) in [5.41, 5.74) is 13.1. The molecule has 0 spiro atoms. The Balaban J connectivity index is 2.68. The van der Waals surface area contributed by atoms with Gasteiger partial charge in [-0.15, -0.1) is 0 Å². The van der Waals surface area contributed by atoms with Crippen LogP contribution in [0.2, 0.25) is 0 Å². The highest BCUT2D eigenvalue weighted by atomic mass is 16.6. The molecule has 21 heavy (non-hydrogen) atoms. The molecule has 2 aromatic rings. The van der Waals surface area contributed by atoms with Gasteiger partial charge in [0.1, 0.15) is 5.82 Å². The van der Waals surface area contributed by atoms with Crippen molar-refractivity contribution in [2.24, 2.45) is 0 Å². The van der Waals surface area contributed by atoms with E-state index in [1.54, 1.807) is 6.07 Å². The van der Waals surface area contributed by atoms with Gasteiger partial charge in [0.05, 0.1) is 17.7 Å². The quantitative estimate of drug-likeness (QED) is 0.648. The van der Waals surface area contributed by atoms with Gasteiger partial charge in [-0.05, 0) is 24.1 Å². The molecule has 0 unspecified atom stereocenters. The summed E-state index contributed by atoms with van der Waals surface area (Å²) < 4.78 is 4.98. The van der Waals surface area contributed by atoms with Crippen LogP contribution in [-0.2, 0) is 6.42 Å². The lowest BCUT2D eigenvalue weighted by Crippen LogP contribution is -2.06. The first kappa shape index (κ1) is 14.5. The van der Waals surface area contributed by atoms with Gasteiger partial charge in [0.2, 0.25) is 5.95 Å². The van der Waals surface area contributed by atoms with E-state index in [2.05, 4.69) is 9.97 Å². The lowest BCUT2D eigenvalue weighted by molar-refractivity contribution is -0.385. The molecule has 8 nitrogen and oxygen atoms in total. The summed E-state index contributed by atoms with van der Waals surface area (Å²) in [7, 11) is 1.38. The van der Waals surface area contributed by atoms with Gasteiger partial charge in [0, 0.05) is 11.6 Å². The number of nitro benzene ring substituents is 1. The Kier molecular flexibility index (Phi) is 3.88. The Morgan fingerprint density at radius 2 is 2.05 bits per heavy atom. The maximum Gasteiger partial charge on any atom is 0.311 e. The van der Waals surface area contributed by atoms with Gasteiger partial charge in [-0.25, -0.2) is 4.98 Å². The van der Waals surface area contributed by atoms with Crippen LogP contribution in [0.4, 0.5) is 17.5 Å². The average molecular weight is 289 g/mol. The number of ether oxygens (including phenoxy) is 1. The third-order valence-electron chi connectivity index (χ3n) is 3.03. The fraction of sp³-hybridized carbons (Fsp3) is 0.231. The van der Waals surface area contributed by atoms with Gasteiger partial charge >= 0.3 is 5.69 Å². The van der Waals surface area contributed by atoms with Gasteiger partial charge in [-0.1, -0.05) is 6.92 Å². The number of nitro groups is 1. The topological polar surface area (TPSA) is 130 Å². The second kappa shape index (κ2) is 5.61. The highest BCUT2D eigenvalue weighted by Gasteiger charge is 2.19. The first-order valence-electron chi connectivity index (χ1n) is 6.22. The molecule has 8 heteroatoms. The highest BCUT2D eigenvalue weighted by Crippen LogP contribution is 2.35. The van der Waals surface area contributed by atoms with Crippen molar-refractivity contribution in [2.45, 2.75) is 13.3 Å². The van der Waals surface area contributed by atoms with E-state index in [0.717, 1.165) is 0 Å². The number of nitrogen functional groups attached to an aromatic ring is 2. The van der Waals surface area contributed by atoms with Crippen LogP contribution in [0.1, 0.15) is 12.6 Å². The number of rotatable bonds is 4. The Bertz CT molecular complexity index is 702. The fourth-order valence-electron chi connectivity index (χ4n) is 2.10. The van der Waals surface area contributed by atoms with Gasteiger partial charge in [-0.2, -0.15) is 4.98 Å². The van der Waals surface area contributed by atoms with Crippen molar-refractivity contribution < 1.29 is 9.66 Å². The maximum absolute atomic E-state index is 11.1. The fourth-order valence-corrected chi connectivity index (χ4v) is 2.10. The molecule has 0 saturated carbocycles. The molecule has 1 aromatic heterocycles. The van der Waals surface area contributed by atoms with Crippen molar-refractivity contribution in [2.75, 3.05) is 18.6 Å². The van der Waals surface area contributed by atoms with Gasteiger partial charge in [-0.3, -0.25) is 10.1 Å². The van der Waals surface area contributed by atoms with Crippen molar-refractivity contribution in [3.05, 3.63) is 34.0 Å². The van der Waals surface area contributed by atoms with Crippen LogP contribution < -0.4 is 16.2 Å². The number of nitrogens with zero attached hydrogens (tertiary/aromatic N) is 3. The molecule has 0 radical (unpaired) electrons. The standard InChI is InChI=1S/C13H15N5O3/c1-3-8-11(12(14)17-13(15)16-8)7-4-5-10(21-2)9(6-7)18(19)20/h4-6H,3H2,1-2H3,(H4,14,15,16,17). The second-order valence-corrected chi connectivity index (χ2v) is 4.29. The SMILES string of the molecule is CCc1nc(N)nc(N)c1-c1ccc(OC)c([N+](=O)[O-])c1. The first-order chi connectivity index (χ1) is 9.97. The van der Waals surface area contributed by atoms with E-state index in [4.69, 9.17) is 16.2 Å². The smallest absolute Gasteiger partial charge is 0.311 e. The summed E-state index contributed by atoms with van der Waals surface area (Å²) in [5, 5.41) is 11.1. The zero-order valence-electron chi connectivity index (χ0n) is 11.7. The molecular weight excluding hydrogens is 274 g/mol. The normalized spacial score (nSPS) is 10.4. The molecule has 0 fully saturated rings. The van der Waals surface area contributed by atoms with E-state index >= 15 is 0 Å². The van der Waals surface area contributed by atoms with Crippen LogP contribution in [0.5, 0.6) is 5.75 Å². The summed E-state index contributed by atoms with van der Waals surface area (Å²) >= 11 is 0. The minimum atomic E-state index is -0.512. The van der Waals surface area contributed by atoms with E-state index in [-0.39, 0.29) is 23.2 Å². The number of benzene rings is 1. The summed E-state index contributed by atoms with van der Waals surface area (Å²) in [5.74, 6) is 0.451. The average Bonchev–Trinajstić information content (AvgIpc) is 2.45. The maximum atomic E-state index is 11.1. The van der Waals surface area contributed by atoms with E-state index < -0.39 is 4.92 Å². The lowest BCUT2D eigenvalue weighted by Gasteiger charge is -2.11. The van der Waals surface area contributed by atoms with Crippen LogP contribution in [-0.4, -0.2) is 22.0 Å². The van der Waals surface area contributed by atoms with Gasteiger partial charge < -0.3 is 16.2 Å². The molecule has 0 amide bonds. The molecule has 0 atom stereocenters. The molecule has 0 aliphatic heterocycles. The molecule has 2 rings (SSSR count). The third-order valence-corrected chi connectivity index (χ3v) is 3.03. The summed E-state index contributed by atoms with van der Waals surface area (Å²) in [6.07, 6.45) is 0.575. The second-order valence-electron chi connectivity index (χ2n) is 4.29. The molecule has 0 aliphatic carbocycles. The molecule has 110 valence electrons. The van der Waals surface area contributed by atoms with E-state index in [0.29, 0.717) is 23.2 Å². The zero-order valence-corrected chi connectivity index (χ0v) is 11.7. The van der Waals surface area contributed by atoms with Gasteiger partial charge in [0.15, 0.2) is 5.75 Å². The number of anilines is 2. The lowest BCUT2D eigenvalue weighted by atomic mass is 10.0. The Labute approximate surface area is 120 Å². The minimum Gasteiger partial charge on any atom is -0.490 e. The number of aromatic nitrogens is 2. The van der Waals surface area contributed by atoms with Crippen LogP contribution in [0.15, 0.2) is 18.2 Å². The van der Waals surface area contributed by atoms with E-state index in [9.17, 15) is 10.1 Å². The molecule has 0 bridgehead atoms. The highest BCUT2D eigenvalue weighted by molar-refractivity contribution is 5.79. The number of aryl methyl sites for hydroxylation is 1. The molecule has 1 aromatic carbocycles. The molecule has 4 N–H and O–H groups in total. The van der Waals surface area contributed by atoms with Crippen LogP contribution in [0, 0.1) is 10.1 Å². The molecule has 1 heterocycles. The van der Waals surface area contributed by atoms with Crippen LogP contribution >= 0.6 is 0 Å². The van der Waals surface area contributed by atoms with Crippen LogP contribution in [0.25, 0.3) is 11.1 Å². The van der Waals surface area contributed by atoms with Crippen molar-refractivity contribution in [1.82, 2.24) is 9.97 Å². The molecule has 0 aliphatic rings. The van der Waals surface area contributed by atoms with Crippen LogP contribution in [0.3, 0.4) is 0 Å². The zero-order chi connectivity index (χ0) is 15.6. The largest absolute Gasteiger partial charge is 0.490 e. The Hall–Kier alpha value is -2.90. The predicted octanol–water partition coefficient (Wildman–Crippen LogP) is 1.79. The number of hydrogen-bond donors (Lipinski definition) is 2. The summed E-state index contributed by atoms with van der Waals surface area (Å²) in [4.78, 5) is 18.6. The van der Waals surface area contributed by atoms with Crippen molar-refractivity contribution in [1.29, 1.82) is 0 Å². The first-order valence-corrected chi connectivity index (χ1v) is 6.22. The van der Waals surface area contributed by atoms with Crippen molar-refractivity contribution in [3.63, 3.8) is 0 Å². The van der Waals surface area contributed by atoms with E-state index in [1.807, 2.05) is 6.92 Å². The Morgan fingerprint density at radius 1 is 1.33 bits per heavy atom. The summed E-state index contributed by atoms with van der Waals surface area (Å²) in [6, 6.07) is 4.59. The van der Waals surface area contributed by atoms with Crippen molar-refractivity contribution >= 4 is 17.5 Å². The van der Waals surface area contributed by atoms with Crippen molar-refractivity contribution in [3.8, 4) is 16.9 Å². The van der Waals surface area contributed by atoms with E-state index in [1.165, 1.54) is 19.2 Å². The number of methoxy groups -OCH3 is 1. The molecule has 0 saturated heterocycles. The third kappa shape index (κ3) is 2.69.